The third-order valence-electron chi connectivity index (χ3n) is 4.92. The Labute approximate surface area is 154 Å². The zero-order chi connectivity index (χ0) is 19.0. The quantitative estimate of drug-likeness (QED) is 0.841. The normalized spacial score (nSPS) is 14.7. The number of carbonyl (C=O) groups is 1. The van der Waals surface area contributed by atoms with Crippen LogP contribution in [0, 0.1) is 18.3 Å². The highest BCUT2D eigenvalue weighted by Gasteiger charge is 2.35. The van der Waals surface area contributed by atoms with Crippen LogP contribution in [-0.2, 0) is 16.8 Å². The van der Waals surface area contributed by atoms with Gasteiger partial charge in [-0.15, -0.1) is 0 Å². The third-order valence-corrected chi connectivity index (χ3v) is 4.92. The van der Waals surface area contributed by atoms with E-state index in [1.165, 1.54) is 16.8 Å². The smallest absolute Gasteiger partial charge is 0.290 e. The van der Waals surface area contributed by atoms with Crippen molar-refractivity contribution in [3.05, 3.63) is 59.4 Å². The van der Waals surface area contributed by atoms with Gasteiger partial charge in [-0.1, -0.05) is 31.0 Å². The molecular formula is C21H25N3O2. The SMILES string of the molecule is Cc1ccc(CN(C)c2ccc(C3(C#N)CCCC3)cc2)cn1.O=CO. The molecule has 3 rings (SSSR count). The first-order valence-corrected chi connectivity index (χ1v) is 8.77. The van der Waals surface area contributed by atoms with E-state index in [2.05, 4.69) is 53.3 Å². The maximum Gasteiger partial charge on any atom is 0.290 e. The van der Waals surface area contributed by atoms with Crippen LogP contribution in [-0.4, -0.2) is 23.6 Å². The lowest BCUT2D eigenvalue weighted by Crippen LogP contribution is -2.20. The Morgan fingerprint density at radius 3 is 2.35 bits per heavy atom. The van der Waals surface area contributed by atoms with Crippen LogP contribution < -0.4 is 4.90 Å². The number of carboxylic acid groups (broad SMARTS) is 1. The maximum absolute atomic E-state index is 9.60. The Balaban J connectivity index is 0.000000758. The molecule has 5 heteroatoms. The van der Waals surface area contributed by atoms with Gasteiger partial charge in [0.2, 0.25) is 0 Å². The molecule has 0 saturated heterocycles. The molecule has 0 atom stereocenters. The molecule has 0 aliphatic heterocycles. The van der Waals surface area contributed by atoms with Crippen molar-refractivity contribution in [3.8, 4) is 6.07 Å². The van der Waals surface area contributed by atoms with Gasteiger partial charge >= 0.3 is 0 Å². The molecule has 1 aliphatic carbocycles. The Morgan fingerprint density at radius 2 is 1.85 bits per heavy atom. The monoisotopic (exact) mass is 351 g/mol. The summed E-state index contributed by atoms with van der Waals surface area (Å²) in [7, 11) is 2.09. The molecule has 0 radical (unpaired) electrons. The molecule has 1 saturated carbocycles. The van der Waals surface area contributed by atoms with E-state index in [4.69, 9.17) is 9.90 Å². The molecule has 1 fully saturated rings. The van der Waals surface area contributed by atoms with Crippen molar-refractivity contribution in [2.24, 2.45) is 0 Å². The Bertz CT molecular complexity index is 742. The summed E-state index contributed by atoms with van der Waals surface area (Å²) in [5.41, 5.74) is 4.33. The molecular weight excluding hydrogens is 326 g/mol. The van der Waals surface area contributed by atoms with Crippen molar-refractivity contribution < 1.29 is 9.90 Å². The van der Waals surface area contributed by atoms with E-state index in [1.807, 2.05) is 19.2 Å². The number of nitrogens with zero attached hydrogens (tertiary/aromatic N) is 3. The highest BCUT2D eigenvalue weighted by atomic mass is 16.3. The lowest BCUT2D eigenvalue weighted by atomic mass is 9.80. The number of aryl methyl sites for hydroxylation is 1. The average molecular weight is 351 g/mol. The van der Waals surface area contributed by atoms with Crippen molar-refractivity contribution >= 4 is 12.2 Å². The molecule has 0 spiro atoms. The molecule has 1 aromatic carbocycles. The molecule has 2 aromatic rings. The first-order chi connectivity index (χ1) is 12.5. The first-order valence-electron chi connectivity index (χ1n) is 8.77. The summed E-state index contributed by atoms with van der Waals surface area (Å²) in [4.78, 5) is 14.9. The van der Waals surface area contributed by atoms with Gasteiger partial charge in [-0.3, -0.25) is 9.78 Å². The molecule has 0 amide bonds. The van der Waals surface area contributed by atoms with Crippen LogP contribution in [0.3, 0.4) is 0 Å². The molecule has 1 N–H and O–H groups in total. The Morgan fingerprint density at radius 1 is 1.23 bits per heavy atom. The topological polar surface area (TPSA) is 77.2 Å². The average Bonchev–Trinajstić information content (AvgIpc) is 3.15. The summed E-state index contributed by atoms with van der Waals surface area (Å²) < 4.78 is 0. The zero-order valence-electron chi connectivity index (χ0n) is 15.4. The van der Waals surface area contributed by atoms with Crippen molar-refractivity contribution in [2.45, 2.75) is 44.6 Å². The van der Waals surface area contributed by atoms with E-state index < -0.39 is 0 Å². The van der Waals surface area contributed by atoms with E-state index in [1.54, 1.807) is 0 Å². The van der Waals surface area contributed by atoms with Gasteiger partial charge in [0.25, 0.3) is 6.47 Å². The summed E-state index contributed by atoms with van der Waals surface area (Å²) in [5.74, 6) is 0. The summed E-state index contributed by atoms with van der Waals surface area (Å²) in [6.45, 7) is 2.58. The van der Waals surface area contributed by atoms with Crippen LogP contribution in [0.25, 0.3) is 0 Å². The van der Waals surface area contributed by atoms with Gasteiger partial charge < -0.3 is 10.0 Å². The molecule has 136 valence electrons. The number of rotatable bonds is 4. The second kappa shape index (κ2) is 9.00. The molecule has 1 heterocycles. The van der Waals surface area contributed by atoms with Crippen LogP contribution in [0.4, 0.5) is 5.69 Å². The number of benzene rings is 1. The zero-order valence-corrected chi connectivity index (χ0v) is 15.4. The van der Waals surface area contributed by atoms with Crippen LogP contribution in [0.15, 0.2) is 42.6 Å². The van der Waals surface area contributed by atoms with Gasteiger partial charge in [-0.2, -0.15) is 5.26 Å². The standard InChI is InChI=1S/C20H23N3.CH2O2/c1-16-5-6-17(13-22-16)14-23(2)19-9-7-18(8-10-19)20(15-21)11-3-4-12-20;2-1-3/h5-10,13H,3-4,11-12,14H2,1-2H3;1H,(H,2,3). The van der Waals surface area contributed by atoms with Crippen molar-refractivity contribution in [1.82, 2.24) is 4.98 Å². The van der Waals surface area contributed by atoms with Crippen molar-refractivity contribution in [2.75, 3.05) is 11.9 Å². The highest BCUT2D eigenvalue weighted by molar-refractivity contribution is 5.49. The van der Waals surface area contributed by atoms with Crippen LogP contribution in [0.1, 0.15) is 42.5 Å². The maximum atomic E-state index is 9.60. The lowest BCUT2D eigenvalue weighted by Gasteiger charge is -2.23. The fourth-order valence-electron chi connectivity index (χ4n) is 3.44. The number of aromatic nitrogens is 1. The van der Waals surface area contributed by atoms with Gasteiger partial charge in [0.1, 0.15) is 0 Å². The number of hydrogen-bond acceptors (Lipinski definition) is 4. The minimum Gasteiger partial charge on any atom is -0.483 e. The predicted octanol–water partition coefficient (Wildman–Crippen LogP) is 4.06. The summed E-state index contributed by atoms with van der Waals surface area (Å²) in [5, 5.41) is 16.5. The second-order valence-corrected chi connectivity index (χ2v) is 6.72. The Kier molecular flexibility index (Phi) is 6.74. The minimum atomic E-state index is -0.252. The number of hydrogen-bond donors (Lipinski definition) is 1. The van der Waals surface area contributed by atoms with E-state index in [9.17, 15) is 5.26 Å². The summed E-state index contributed by atoms with van der Waals surface area (Å²) >= 11 is 0. The van der Waals surface area contributed by atoms with Crippen molar-refractivity contribution in [1.29, 1.82) is 5.26 Å². The van der Waals surface area contributed by atoms with Crippen molar-refractivity contribution in [3.63, 3.8) is 0 Å². The largest absolute Gasteiger partial charge is 0.483 e. The fraction of sp³-hybridized carbons (Fsp3) is 0.381. The van der Waals surface area contributed by atoms with E-state index in [-0.39, 0.29) is 11.9 Å². The molecule has 0 bridgehead atoms. The number of nitriles is 1. The van der Waals surface area contributed by atoms with Gasteiger partial charge in [0.05, 0.1) is 11.5 Å². The van der Waals surface area contributed by atoms with Crippen LogP contribution in [0.5, 0.6) is 0 Å². The molecule has 5 nitrogen and oxygen atoms in total. The van der Waals surface area contributed by atoms with Gasteiger partial charge in [0, 0.05) is 31.2 Å². The number of pyridine rings is 1. The lowest BCUT2D eigenvalue weighted by molar-refractivity contribution is -0.122. The predicted molar refractivity (Wildman–Crippen MR) is 102 cm³/mol. The van der Waals surface area contributed by atoms with E-state index in [0.29, 0.717) is 0 Å². The highest BCUT2D eigenvalue weighted by Crippen LogP contribution is 2.40. The second-order valence-electron chi connectivity index (χ2n) is 6.72. The summed E-state index contributed by atoms with van der Waals surface area (Å²) in [6.07, 6.45) is 6.25. The first kappa shape index (κ1) is 19.5. The molecule has 26 heavy (non-hydrogen) atoms. The number of anilines is 1. The molecule has 1 aromatic heterocycles. The van der Waals surface area contributed by atoms with Crippen LogP contribution >= 0.6 is 0 Å². The minimum absolute atomic E-state index is 0.250. The van der Waals surface area contributed by atoms with Crippen LogP contribution in [0.2, 0.25) is 0 Å². The van der Waals surface area contributed by atoms with E-state index in [0.717, 1.165) is 37.9 Å². The molecule has 1 aliphatic rings. The van der Waals surface area contributed by atoms with Gasteiger partial charge in [0.15, 0.2) is 0 Å². The van der Waals surface area contributed by atoms with E-state index >= 15 is 0 Å². The Hall–Kier alpha value is -2.87. The third kappa shape index (κ3) is 4.60. The fourth-order valence-corrected chi connectivity index (χ4v) is 3.44. The molecule has 0 unspecified atom stereocenters. The summed E-state index contributed by atoms with van der Waals surface area (Å²) in [6, 6.07) is 15.3. The van der Waals surface area contributed by atoms with Gasteiger partial charge in [-0.25, -0.2) is 0 Å². The van der Waals surface area contributed by atoms with Gasteiger partial charge in [-0.05, 0) is 49.1 Å².